The molecule has 7 nitrogen and oxygen atoms in total. The summed E-state index contributed by atoms with van der Waals surface area (Å²) in [6.45, 7) is 0. The molecule has 108 valence electrons. The predicted molar refractivity (Wildman–Crippen MR) is 77.9 cm³/mol. The van der Waals surface area contributed by atoms with Crippen molar-refractivity contribution >= 4 is 22.6 Å². The van der Waals surface area contributed by atoms with E-state index >= 15 is 0 Å². The van der Waals surface area contributed by atoms with Gasteiger partial charge in [0.2, 0.25) is 0 Å². The van der Waals surface area contributed by atoms with Gasteiger partial charge in [-0.3, -0.25) is 10.1 Å². The lowest BCUT2D eigenvalue weighted by atomic mass is 10.4. The van der Waals surface area contributed by atoms with Crippen LogP contribution in [0.3, 0.4) is 0 Å². The summed E-state index contributed by atoms with van der Waals surface area (Å²) in [5.41, 5.74) is 0. The molecular formula is C13H13N5O2S. The highest BCUT2D eigenvalue weighted by Crippen LogP contribution is 2.43. The van der Waals surface area contributed by atoms with Gasteiger partial charge in [-0.05, 0) is 31.7 Å². The summed E-state index contributed by atoms with van der Waals surface area (Å²) in [5.74, 6) is 2.80. The summed E-state index contributed by atoms with van der Waals surface area (Å²) in [5, 5.41) is 23.9. The number of hydrogen-bond acceptors (Lipinski definition) is 6. The Hall–Kier alpha value is -2.09. The molecule has 2 aliphatic carbocycles. The molecule has 0 amide bonds. The molecule has 2 aromatic rings. The Morgan fingerprint density at radius 1 is 1.24 bits per heavy atom. The van der Waals surface area contributed by atoms with Crippen molar-refractivity contribution in [2.75, 3.05) is 0 Å². The first-order valence-electron chi connectivity index (χ1n) is 6.96. The minimum atomic E-state index is -0.383. The van der Waals surface area contributed by atoms with Crippen LogP contribution < -0.4 is 0 Å². The average Bonchev–Trinajstić information content (AvgIpc) is 3.39. The lowest BCUT2D eigenvalue weighted by Gasteiger charge is -2.01. The standard InChI is InChI=1S/C13H13N5O2S/c19-18(20)11-6-5-10(21-11)7-14-17-12(8-1-2-8)15-16-13(17)9-3-4-9/h5-9H,1-4H2/b14-7+. The van der Waals surface area contributed by atoms with Gasteiger partial charge in [-0.25, -0.2) is 4.68 Å². The van der Waals surface area contributed by atoms with Crippen LogP contribution in [0, 0.1) is 10.1 Å². The molecule has 0 N–H and O–H groups in total. The Kier molecular flexibility index (Phi) is 2.85. The topological polar surface area (TPSA) is 86.2 Å². The van der Waals surface area contributed by atoms with Gasteiger partial charge in [-0.15, -0.1) is 10.2 Å². The molecule has 0 aromatic carbocycles. The summed E-state index contributed by atoms with van der Waals surface area (Å²) in [6.07, 6.45) is 6.23. The fraction of sp³-hybridized carbons (Fsp3) is 0.462. The van der Waals surface area contributed by atoms with E-state index in [1.807, 2.05) is 4.68 Å². The second kappa shape index (κ2) is 4.73. The van der Waals surface area contributed by atoms with Gasteiger partial charge in [0.1, 0.15) is 0 Å². The van der Waals surface area contributed by atoms with Gasteiger partial charge >= 0.3 is 5.00 Å². The van der Waals surface area contributed by atoms with Gasteiger partial charge in [0, 0.05) is 17.9 Å². The molecule has 4 rings (SSSR count). The van der Waals surface area contributed by atoms with E-state index < -0.39 is 0 Å². The number of hydrogen-bond donors (Lipinski definition) is 0. The molecule has 8 heteroatoms. The zero-order valence-corrected chi connectivity index (χ0v) is 12.0. The number of aromatic nitrogens is 3. The van der Waals surface area contributed by atoms with Crippen molar-refractivity contribution in [3.05, 3.63) is 38.8 Å². The Morgan fingerprint density at radius 2 is 1.86 bits per heavy atom. The number of nitro groups is 1. The fourth-order valence-corrected chi connectivity index (χ4v) is 2.93. The Bertz CT molecular complexity index is 697. The number of rotatable bonds is 5. The second-order valence-electron chi connectivity index (χ2n) is 5.45. The molecule has 2 fully saturated rings. The maximum atomic E-state index is 10.7. The van der Waals surface area contributed by atoms with Crippen LogP contribution in [0.1, 0.15) is 54.0 Å². The first kappa shape index (κ1) is 12.6. The van der Waals surface area contributed by atoms with Crippen LogP contribution in [0.15, 0.2) is 17.2 Å². The molecule has 0 atom stereocenters. The normalized spacial score (nSPS) is 18.5. The Labute approximate surface area is 124 Å². The fourth-order valence-electron chi connectivity index (χ4n) is 2.24. The van der Waals surface area contributed by atoms with Crippen molar-refractivity contribution in [3.63, 3.8) is 0 Å². The van der Waals surface area contributed by atoms with E-state index in [4.69, 9.17) is 0 Å². The van der Waals surface area contributed by atoms with Crippen LogP contribution in [0.4, 0.5) is 5.00 Å². The smallest absolute Gasteiger partial charge is 0.258 e. The van der Waals surface area contributed by atoms with Gasteiger partial charge in [0.15, 0.2) is 11.6 Å². The SMILES string of the molecule is O=[N+]([O-])c1ccc(/C=N/n2c(C3CC3)nnc2C2CC2)s1. The van der Waals surface area contributed by atoms with Crippen LogP contribution in [-0.4, -0.2) is 26.0 Å². The van der Waals surface area contributed by atoms with E-state index in [0.717, 1.165) is 53.5 Å². The van der Waals surface area contributed by atoms with E-state index in [1.54, 1.807) is 12.3 Å². The highest BCUT2D eigenvalue weighted by Gasteiger charge is 2.35. The third-order valence-corrected chi connectivity index (χ3v) is 4.64. The number of thiophene rings is 1. The molecule has 21 heavy (non-hydrogen) atoms. The van der Waals surface area contributed by atoms with Crippen LogP contribution in [0.5, 0.6) is 0 Å². The van der Waals surface area contributed by atoms with Crippen molar-refractivity contribution in [2.45, 2.75) is 37.5 Å². The summed E-state index contributed by atoms with van der Waals surface area (Å²) in [7, 11) is 0. The molecular weight excluding hydrogens is 290 g/mol. The summed E-state index contributed by atoms with van der Waals surface area (Å²) in [4.78, 5) is 11.1. The van der Waals surface area contributed by atoms with Crippen molar-refractivity contribution in [3.8, 4) is 0 Å². The molecule has 0 aliphatic heterocycles. The quantitative estimate of drug-likeness (QED) is 0.483. The molecule has 0 saturated heterocycles. The zero-order valence-electron chi connectivity index (χ0n) is 11.2. The third-order valence-electron chi connectivity index (χ3n) is 3.67. The Balaban J connectivity index is 1.64. The zero-order chi connectivity index (χ0) is 14.4. The second-order valence-corrected chi connectivity index (χ2v) is 6.55. The first-order valence-corrected chi connectivity index (χ1v) is 7.78. The van der Waals surface area contributed by atoms with Crippen molar-refractivity contribution in [2.24, 2.45) is 5.10 Å². The monoisotopic (exact) mass is 303 g/mol. The molecule has 0 unspecified atom stereocenters. The van der Waals surface area contributed by atoms with Crippen LogP contribution in [-0.2, 0) is 0 Å². The Morgan fingerprint density at radius 3 is 2.33 bits per heavy atom. The highest BCUT2D eigenvalue weighted by molar-refractivity contribution is 7.16. The maximum absolute atomic E-state index is 10.7. The number of nitrogens with zero attached hydrogens (tertiary/aromatic N) is 5. The lowest BCUT2D eigenvalue weighted by molar-refractivity contribution is -0.380. The van der Waals surface area contributed by atoms with Crippen LogP contribution >= 0.6 is 11.3 Å². The van der Waals surface area contributed by atoms with E-state index in [-0.39, 0.29) is 9.92 Å². The summed E-state index contributed by atoms with van der Waals surface area (Å²) < 4.78 is 1.85. The summed E-state index contributed by atoms with van der Waals surface area (Å²) in [6, 6.07) is 3.21. The first-order chi connectivity index (χ1) is 10.2. The minimum Gasteiger partial charge on any atom is -0.258 e. The molecule has 0 radical (unpaired) electrons. The molecule has 2 saturated carbocycles. The lowest BCUT2D eigenvalue weighted by Crippen LogP contribution is -2.01. The van der Waals surface area contributed by atoms with E-state index in [9.17, 15) is 10.1 Å². The summed E-state index contributed by atoms with van der Waals surface area (Å²) >= 11 is 1.12. The van der Waals surface area contributed by atoms with E-state index in [1.165, 1.54) is 6.07 Å². The van der Waals surface area contributed by atoms with Gasteiger partial charge in [0.25, 0.3) is 0 Å². The molecule has 2 heterocycles. The molecule has 0 bridgehead atoms. The van der Waals surface area contributed by atoms with Gasteiger partial charge < -0.3 is 0 Å². The van der Waals surface area contributed by atoms with Gasteiger partial charge in [0.05, 0.1) is 16.0 Å². The average molecular weight is 303 g/mol. The van der Waals surface area contributed by atoms with Gasteiger partial charge in [-0.1, -0.05) is 11.3 Å². The van der Waals surface area contributed by atoms with Crippen LogP contribution in [0.2, 0.25) is 0 Å². The van der Waals surface area contributed by atoms with Crippen molar-refractivity contribution < 1.29 is 4.92 Å². The van der Waals surface area contributed by atoms with E-state index in [2.05, 4.69) is 15.3 Å². The third kappa shape index (κ3) is 2.46. The maximum Gasteiger partial charge on any atom is 0.324 e. The minimum absolute atomic E-state index is 0.130. The van der Waals surface area contributed by atoms with Crippen molar-refractivity contribution in [1.29, 1.82) is 0 Å². The van der Waals surface area contributed by atoms with E-state index in [0.29, 0.717) is 11.8 Å². The highest BCUT2D eigenvalue weighted by atomic mass is 32.1. The molecule has 2 aliphatic rings. The predicted octanol–water partition coefficient (Wildman–Crippen LogP) is 2.88. The molecule has 2 aromatic heterocycles. The van der Waals surface area contributed by atoms with Crippen LogP contribution in [0.25, 0.3) is 0 Å². The largest absolute Gasteiger partial charge is 0.324 e. The molecule has 0 spiro atoms. The van der Waals surface area contributed by atoms with Gasteiger partial charge in [-0.2, -0.15) is 5.10 Å². The van der Waals surface area contributed by atoms with Crippen molar-refractivity contribution in [1.82, 2.24) is 14.9 Å².